The zero-order chi connectivity index (χ0) is 17.1. The Morgan fingerprint density at radius 2 is 2.25 bits per heavy atom. The maximum atomic E-state index is 12.0. The van der Waals surface area contributed by atoms with E-state index < -0.39 is 5.97 Å². The minimum atomic E-state index is -0.421. The van der Waals surface area contributed by atoms with E-state index in [0.717, 1.165) is 16.5 Å². The molecule has 0 bridgehead atoms. The van der Waals surface area contributed by atoms with Gasteiger partial charge in [0.25, 0.3) is 0 Å². The van der Waals surface area contributed by atoms with Gasteiger partial charge in [-0.1, -0.05) is 6.07 Å². The molecule has 2 N–H and O–H groups in total. The number of esters is 1. The monoisotopic (exact) mass is 343 g/mol. The minimum Gasteiger partial charge on any atom is -0.473 e. The average Bonchev–Trinajstić information content (AvgIpc) is 2.91. The normalized spacial score (nSPS) is 10.8. The number of fused-ring (bicyclic) bond motifs is 1. The molecule has 24 heavy (non-hydrogen) atoms. The Labute approximate surface area is 143 Å². The van der Waals surface area contributed by atoms with Crippen LogP contribution in [0.1, 0.15) is 27.7 Å². The summed E-state index contributed by atoms with van der Waals surface area (Å²) in [6, 6.07) is 5.60. The third-order valence-corrected chi connectivity index (χ3v) is 4.52. The van der Waals surface area contributed by atoms with Crippen molar-refractivity contribution in [3.63, 3.8) is 0 Å². The number of thiophene rings is 1. The maximum Gasteiger partial charge on any atom is 0.350 e. The number of hydrogen-bond donors (Lipinski definition) is 1. The molecule has 7 heteroatoms. The average molecular weight is 343 g/mol. The summed E-state index contributed by atoms with van der Waals surface area (Å²) in [5, 5.41) is 0.775. The Bertz CT molecular complexity index is 878. The second kappa shape index (κ2) is 6.84. The molecule has 0 unspecified atom stereocenters. The summed E-state index contributed by atoms with van der Waals surface area (Å²) >= 11 is 1.22. The molecule has 0 saturated carbocycles. The van der Waals surface area contributed by atoms with Gasteiger partial charge >= 0.3 is 5.97 Å². The Hall–Kier alpha value is -2.67. The molecule has 0 spiro atoms. The Kier molecular flexibility index (Phi) is 4.61. The van der Waals surface area contributed by atoms with Crippen LogP contribution in [0.3, 0.4) is 0 Å². The van der Waals surface area contributed by atoms with Gasteiger partial charge in [-0.3, -0.25) is 4.98 Å². The molecule has 3 heterocycles. The van der Waals surface area contributed by atoms with Crippen LogP contribution in [0.15, 0.2) is 30.6 Å². The molecular formula is C17H17N3O3S. The number of ether oxygens (including phenoxy) is 2. The van der Waals surface area contributed by atoms with Crippen molar-refractivity contribution in [2.45, 2.75) is 20.5 Å². The molecule has 0 aliphatic heterocycles. The zero-order valence-corrected chi connectivity index (χ0v) is 14.2. The van der Waals surface area contributed by atoms with Gasteiger partial charge < -0.3 is 15.2 Å². The highest BCUT2D eigenvalue weighted by Crippen LogP contribution is 2.36. The fourth-order valence-corrected chi connectivity index (χ4v) is 3.40. The van der Waals surface area contributed by atoms with Crippen molar-refractivity contribution in [1.82, 2.24) is 9.97 Å². The van der Waals surface area contributed by atoms with E-state index in [4.69, 9.17) is 15.2 Å². The summed E-state index contributed by atoms with van der Waals surface area (Å²) in [4.78, 5) is 21.5. The molecule has 3 aromatic heterocycles. The second-order valence-corrected chi connectivity index (χ2v) is 6.17. The maximum absolute atomic E-state index is 12.0. The summed E-state index contributed by atoms with van der Waals surface area (Å²) in [7, 11) is 0. The van der Waals surface area contributed by atoms with Gasteiger partial charge in [0.1, 0.15) is 16.3 Å². The van der Waals surface area contributed by atoms with Crippen LogP contribution in [0.4, 0.5) is 5.69 Å². The smallest absolute Gasteiger partial charge is 0.350 e. The number of nitrogens with two attached hydrogens (primary N) is 1. The van der Waals surface area contributed by atoms with Gasteiger partial charge in [-0.2, -0.15) is 0 Å². The summed E-state index contributed by atoms with van der Waals surface area (Å²) in [5.74, 6) is 0.0655. The lowest BCUT2D eigenvalue weighted by atomic mass is 10.1. The Balaban J connectivity index is 1.90. The molecule has 0 atom stereocenters. The van der Waals surface area contributed by atoms with Crippen molar-refractivity contribution in [3.8, 4) is 5.88 Å². The summed E-state index contributed by atoms with van der Waals surface area (Å²) < 4.78 is 10.8. The van der Waals surface area contributed by atoms with Crippen molar-refractivity contribution < 1.29 is 14.3 Å². The van der Waals surface area contributed by atoms with Gasteiger partial charge in [-0.15, -0.1) is 11.3 Å². The molecular weight excluding hydrogens is 326 g/mol. The number of nitrogens with zero attached hydrogens (tertiary/aromatic N) is 2. The number of carbonyl (C=O) groups is 1. The first-order chi connectivity index (χ1) is 11.6. The number of nitrogen functional groups attached to an aromatic ring is 1. The molecule has 124 valence electrons. The van der Waals surface area contributed by atoms with Crippen LogP contribution < -0.4 is 10.5 Å². The first-order valence-corrected chi connectivity index (χ1v) is 8.30. The third-order valence-electron chi connectivity index (χ3n) is 3.44. The largest absolute Gasteiger partial charge is 0.473 e. The summed E-state index contributed by atoms with van der Waals surface area (Å²) in [6.45, 7) is 4.35. The van der Waals surface area contributed by atoms with Crippen LogP contribution in [-0.4, -0.2) is 22.5 Å². The van der Waals surface area contributed by atoms with Crippen molar-refractivity contribution in [2.24, 2.45) is 0 Å². The van der Waals surface area contributed by atoms with E-state index in [-0.39, 0.29) is 0 Å². The predicted octanol–water partition coefficient (Wildman–Crippen LogP) is 3.34. The topological polar surface area (TPSA) is 87.3 Å². The van der Waals surface area contributed by atoms with Crippen LogP contribution in [0.5, 0.6) is 5.88 Å². The van der Waals surface area contributed by atoms with Gasteiger partial charge in [-0.05, 0) is 25.5 Å². The van der Waals surface area contributed by atoms with E-state index in [1.54, 1.807) is 19.3 Å². The van der Waals surface area contributed by atoms with Crippen molar-refractivity contribution in [2.75, 3.05) is 12.3 Å². The number of carbonyl (C=O) groups excluding carboxylic acids is 1. The summed E-state index contributed by atoms with van der Waals surface area (Å²) in [5.41, 5.74) is 8.38. The standard InChI is InChI=1S/C17H17N3O3S/c1-3-22-17(21)15-14(18)13-10(2)7-12(20-16(13)24-15)23-9-11-5-4-6-19-8-11/h4-8H,3,9,18H2,1-2H3. The quantitative estimate of drug-likeness (QED) is 0.715. The SMILES string of the molecule is CCOC(=O)c1sc2nc(OCc3cccnc3)cc(C)c2c1N. The van der Waals surface area contributed by atoms with E-state index >= 15 is 0 Å². The predicted molar refractivity (Wildman–Crippen MR) is 93.3 cm³/mol. The van der Waals surface area contributed by atoms with E-state index in [1.165, 1.54) is 11.3 Å². The van der Waals surface area contributed by atoms with Crippen LogP contribution in [0.25, 0.3) is 10.2 Å². The number of anilines is 1. The molecule has 6 nitrogen and oxygen atoms in total. The number of aryl methyl sites for hydroxylation is 1. The fraction of sp³-hybridized carbons (Fsp3) is 0.235. The second-order valence-electron chi connectivity index (χ2n) is 5.17. The fourth-order valence-electron chi connectivity index (χ4n) is 2.34. The molecule has 0 aliphatic rings. The van der Waals surface area contributed by atoms with Crippen molar-refractivity contribution in [1.29, 1.82) is 0 Å². The van der Waals surface area contributed by atoms with E-state index in [2.05, 4.69) is 9.97 Å². The number of aromatic nitrogens is 2. The van der Waals surface area contributed by atoms with Gasteiger partial charge in [-0.25, -0.2) is 9.78 Å². The van der Waals surface area contributed by atoms with Gasteiger partial charge in [0.2, 0.25) is 5.88 Å². The lowest BCUT2D eigenvalue weighted by Crippen LogP contribution is -2.04. The molecule has 0 amide bonds. The number of hydrogen-bond acceptors (Lipinski definition) is 7. The minimum absolute atomic E-state index is 0.304. The molecule has 0 aliphatic carbocycles. The van der Waals surface area contributed by atoms with Gasteiger partial charge in [0.15, 0.2) is 0 Å². The third kappa shape index (κ3) is 3.16. The molecule has 0 radical (unpaired) electrons. The highest BCUT2D eigenvalue weighted by atomic mass is 32.1. The molecule has 0 saturated heterocycles. The zero-order valence-electron chi connectivity index (χ0n) is 13.4. The molecule has 0 aromatic carbocycles. The molecule has 3 aromatic rings. The first-order valence-electron chi connectivity index (χ1n) is 7.48. The summed E-state index contributed by atoms with van der Waals surface area (Å²) in [6.07, 6.45) is 3.46. The first kappa shape index (κ1) is 16.2. The highest BCUT2D eigenvalue weighted by molar-refractivity contribution is 7.21. The highest BCUT2D eigenvalue weighted by Gasteiger charge is 2.20. The van der Waals surface area contributed by atoms with E-state index in [9.17, 15) is 4.79 Å². The van der Waals surface area contributed by atoms with Crippen LogP contribution in [-0.2, 0) is 11.3 Å². The lowest BCUT2D eigenvalue weighted by Gasteiger charge is -2.07. The van der Waals surface area contributed by atoms with Crippen molar-refractivity contribution >= 4 is 33.2 Å². The van der Waals surface area contributed by atoms with Crippen LogP contribution >= 0.6 is 11.3 Å². The number of rotatable bonds is 5. The lowest BCUT2D eigenvalue weighted by molar-refractivity contribution is 0.0533. The number of pyridine rings is 2. The Morgan fingerprint density at radius 3 is 2.96 bits per heavy atom. The van der Waals surface area contributed by atoms with Crippen molar-refractivity contribution in [3.05, 3.63) is 46.6 Å². The van der Waals surface area contributed by atoms with E-state index in [0.29, 0.717) is 34.5 Å². The van der Waals surface area contributed by atoms with Crippen LogP contribution in [0, 0.1) is 6.92 Å². The molecule has 0 fully saturated rings. The van der Waals surface area contributed by atoms with Gasteiger partial charge in [0, 0.05) is 29.4 Å². The van der Waals surface area contributed by atoms with Crippen LogP contribution in [0.2, 0.25) is 0 Å². The van der Waals surface area contributed by atoms with E-state index in [1.807, 2.05) is 25.1 Å². The Morgan fingerprint density at radius 1 is 1.42 bits per heavy atom. The van der Waals surface area contributed by atoms with Gasteiger partial charge in [0.05, 0.1) is 12.3 Å². The molecule has 3 rings (SSSR count).